The summed E-state index contributed by atoms with van der Waals surface area (Å²) in [5.41, 5.74) is 0. The van der Waals surface area contributed by atoms with Crippen LogP contribution in [-0.4, -0.2) is 33.5 Å². The third kappa shape index (κ3) is 2.39. The number of ether oxygens (including phenoxy) is 1. The highest BCUT2D eigenvalue weighted by atomic mass is 35.6. The van der Waals surface area contributed by atoms with Crippen LogP contribution in [0.3, 0.4) is 0 Å². The van der Waals surface area contributed by atoms with Crippen LogP contribution < -0.4 is 0 Å². The van der Waals surface area contributed by atoms with Crippen molar-refractivity contribution in [1.29, 1.82) is 0 Å². The molecule has 0 fully saturated rings. The third-order valence-corrected chi connectivity index (χ3v) is 1.96. The molecule has 1 heterocycles. The van der Waals surface area contributed by atoms with Gasteiger partial charge in [-0.1, -0.05) is 34.8 Å². The zero-order chi connectivity index (χ0) is 9.35. The molecule has 70 valence electrons. The summed E-state index contributed by atoms with van der Waals surface area (Å²) in [5, 5.41) is 9.12. The molecule has 1 aliphatic heterocycles. The minimum atomic E-state index is -1.62. The van der Waals surface area contributed by atoms with Gasteiger partial charge in [-0.15, -0.1) is 0 Å². The lowest BCUT2D eigenvalue weighted by molar-refractivity contribution is 0.145. The van der Waals surface area contributed by atoms with Crippen molar-refractivity contribution < 1.29 is 9.84 Å². The highest BCUT2D eigenvalue weighted by Crippen LogP contribution is 2.31. The van der Waals surface area contributed by atoms with Gasteiger partial charge in [-0.3, -0.25) is 0 Å². The predicted octanol–water partition coefficient (Wildman–Crippen LogP) is 1.53. The summed E-state index contributed by atoms with van der Waals surface area (Å²) in [6.45, 7) is 1.87. The molecule has 0 aliphatic carbocycles. The molecule has 0 unspecified atom stereocenters. The van der Waals surface area contributed by atoms with E-state index >= 15 is 0 Å². The summed E-state index contributed by atoms with van der Waals surface area (Å²) in [5.74, 6) is 0.0541. The first-order chi connectivity index (χ1) is 5.41. The Morgan fingerprint density at radius 2 is 2.25 bits per heavy atom. The number of hydrogen-bond donors (Lipinski definition) is 1. The minimum Gasteiger partial charge on any atom is -0.476 e. The Kier molecular flexibility index (Phi) is 3.10. The first kappa shape index (κ1) is 10.4. The maximum absolute atomic E-state index is 9.12. The third-order valence-electron chi connectivity index (χ3n) is 1.47. The van der Waals surface area contributed by atoms with Crippen molar-refractivity contribution in [3.8, 4) is 0 Å². The molecule has 1 aliphatic rings. The van der Waals surface area contributed by atoms with Crippen molar-refractivity contribution >= 4 is 40.7 Å². The highest BCUT2D eigenvalue weighted by molar-refractivity contribution is 6.76. The van der Waals surface area contributed by atoms with E-state index in [4.69, 9.17) is 44.6 Å². The molecule has 0 aromatic heterocycles. The molecule has 6 heteroatoms. The van der Waals surface area contributed by atoms with Gasteiger partial charge in [0.05, 0.1) is 6.10 Å². The molecule has 2 atom stereocenters. The van der Waals surface area contributed by atoms with E-state index in [0.717, 1.165) is 0 Å². The van der Waals surface area contributed by atoms with Crippen LogP contribution in [-0.2, 0) is 4.74 Å². The first-order valence-electron chi connectivity index (χ1n) is 3.37. The summed E-state index contributed by atoms with van der Waals surface area (Å²) in [7, 11) is 0. The van der Waals surface area contributed by atoms with E-state index in [1.807, 2.05) is 0 Å². The van der Waals surface area contributed by atoms with Crippen LogP contribution in [0.1, 0.15) is 6.92 Å². The molecular weight excluding hydrogens is 224 g/mol. The summed E-state index contributed by atoms with van der Waals surface area (Å²) in [6, 6.07) is -0.323. The lowest BCUT2D eigenvalue weighted by Gasteiger charge is -2.08. The molecule has 0 aromatic rings. The van der Waals surface area contributed by atoms with E-state index in [1.165, 1.54) is 0 Å². The Balaban J connectivity index is 2.66. The van der Waals surface area contributed by atoms with Gasteiger partial charge < -0.3 is 9.84 Å². The number of alkyl halides is 3. The fourth-order valence-corrected chi connectivity index (χ4v) is 1.10. The second kappa shape index (κ2) is 3.58. The number of nitrogens with zero attached hydrogens (tertiary/aromatic N) is 1. The van der Waals surface area contributed by atoms with Crippen molar-refractivity contribution in [2.24, 2.45) is 4.99 Å². The quantitative estimate of drug-likeness (QED) is 0.697. The number of rotatable bonds is 1. The molecule has 0 spiro atoms. The zero-order valence-electron chi connectivity index (χ0n) is 6.30. The molecule has 3 nitrogen and oxygen atoms in total. The van der Waals surface area contributed by atoms with Crippen molar-refractivity contribution in [3.63, 3.8) is 0 Å². The molecule has 1 rings (SSSR count). The Bertz CT molecular complexity index is 199. The average molecular weight is 232 g/mol. The summed E-state index contributed by atoms with van der Waals surface area (Å²) < 4.78 is 3.36. The van der Waals surface area contributed by atoms with Crippen LogP contribution in [0.2, 0.25) is 0 Å². The number of hydrogen-bond acceptors (Lipinski definition) is 3. The van der Waals surface area contributed by atoms with Crippen molar-refractivity contribution in [3.05, 3.63) is 0 Å². The molecule has 1 N–H and O–H groups in total. The second-order valence-electron chi connectivity index (χ2n) is 2.55. The Morgan fingerprint density at radius 1 is 1.67 bits per heavy atom. The van der Waals surface area contributed by atoms with Gasteiger partial charge in [-0.25, -0.2) is 4.99 Å². The monoisotopic (exact) mass is 231 g/mol. The standard InChI is InChI=1S/C6H8Cl3NO2/c1-3(11)4-2-12-5(10-4)6(7,8)9/h3-4,11H,2H2,1H3/t3-,4-/m0/s1. The Hall–Kier alpha value is 0.300. The minimum absolute atomic E-state index is 0.0541. The average Bonchev–Trinajstić information content (AvgIpc) is 2.30. The maximum atomic E-state index is 9.12. The van der Waals surface area contributed by atoms with E-state index in [2.05, 4.69) is 4.99 Å². The largest absolute Gasteiger partial charge is 0.476 e. The normalized spacial score (nSPS) is 26.4. The summed E-state index contributed by atoms with van der Waals surface area (Å²) in [6.07, 6.45) is -0.588. The lowest BCUT2D eigenvalue weighted by atomic mass is 10.2. The van der Waals surface area contributed by atoms with Crippen molar-refractivity contribution in [2.45, 2.75) is 22.9 Å². The number of aliphatic hydroxyl groups excluding tert-OH is 1. The second-order valence-corrected chi connectivity index (χ2v) is 4.83. The van der Waals surface area contributed by atoms with Crippen molar-refractivity contribution in [2.75, 3.05) is 6.61 Å². The highest BCUT2D eigenvalue weighted by Gasteiger charge is 2.36. The van der Waals surface area contributed by atoms with E-state index in [1.54, 1.807) is 6.92 Å². The number of halogens is 3. The maximum Gasteiger partial charge on any atom is 0.266 e. The van der Waals surface area contributed by atoms with Crippen molar-refractivity contribution in [1.82, 2.24) is 0 Å². The molecular formula is C6H8Cl3NO2. The number of aliphatic hydroxyl groups is 1. The van der Waals surface area contributed by atoms with Gasteiger partial charge in [0.1, 0.15) is 12.6 Å². The van der Waals surface area contributed by atoms with E-state index in [9.17, 15) is 0 Å². The van der Waals surface area contributed by atoms with Gasteiger partial charge >= 0.3 is 0 Å². The topological polar surface area (TPSA) is 41.8 Å². The van der Waals surface area contributed by atoms with Gasteiger partial charge in [0.2, 0.25) is 5.90 Å². The fourth-order valence-electron chi connectivity index (χ4n) is 0.792. The van der Waals surface area contributed by atoms with Crippen LogP contribution in [0.5, 0.6) is 0 Å². The number of aliphatic imine (C=N–C) groups is 1. The SMILES string of the molecule is C[C@H](O)[C@@H]1COC(C(Cl)(Cl)Cl)=N1. The van der Waals surface area contributed by atoms with E-state index < -0.39 is 9.90 Å². The van der Waals surface area contributed by atoms with Crippen LogP contribution >= 0.6 is 34.8 Å². The van der Waals surface area contributed by atoms with Crippen LogP contribution in [0.25, 0.3) is 0 Å². The lowest BCUT2D eigenvalue weighted by Crippen LogP contribution is -2.21. The molecule has 0 aromatic carbocycles. The molecule has 0 radical (unpaired) electrons. The Morgan fingerprint density at radius 3 is 2.50 bits per heavy atom. The summed E-state index contributed by atoms with van der Waals surface area (Å²) in [4.78, 5) is 3.91. The molecule has 0 saturated heterocycles. The van der Waals surface area contributed by atoms with Crippen LogP contribution in [0, 0.1) is 0 Å². The van der Waals surface area contributed by atoms with Gasteiger partial charge in [-0.2, -0.15) is 0 Å². The predicted molar refractivity (Wildman–Crippen MR) is 49.1 cm³/mol. The molecule has 12 heavy (non-hydrogen) atoms. The molecule has 0 bridgehead atoms. The smallest absolute Gasteiger partial charge is 0.266 e. The molecule has 0 amide bonds. The Labute approximate surface area is 85.3 Å². The van der Waals surface area contributed by atoms with Gasteiger partial charge in [0, 0.05) is 0 Å². The van der Waals surface area contributed by atoms with Gasteiger partial charge in [0.15, 0.2) is 0 Å². The zero-order valence-corrected chi connectivity index (χ0v) is 8.57. The van der Waals surface area contributed by atoms with Crippen LogP contribution in [0.15, 0.2) is 4.99 Å². The van der Waals surface area contributed by atoms with Crippen LogP contribution in [0.4, 0.5) is 0 Å². The molecule has 0 saturated carbocycles. The van der Waals surface area contributed by atoms with E-state index in [0.29, 0.717) is 0 Å². The first-order valence-corrected chi connectivity index (χ1v) is 4.50. The fraction of sp³-hybridized carbons (Fsp3) is 0.833. The van der Waals surface area contributed by atoms with E-state index in [-0.39, 0.29) is 18.5 Å². The van der Waals surface area contributed by atoms with Gasteiger partial charge in [-0.05, 0) is 6.92 Å². The van der Waals surface area contributed by atoms with Gasteiger partial charge in [0.25, 0.3) is 3.79 Å². The summed E-state index contributed by atoms with van der Waals surface area (Å²) >= 11 is 16.5.